The molecule has 3 heterocycles. The molecule has 1 aliphatic heterocycles. The summed E-state index contributed by atoms with van der Waals surface area (Å²) in [5, 5.41) is 13.0. The Morgan fingerprint density at radius 2 is 1.94 bits per heavy atom. The average Bonchev–Trinajstić information content (AvgIpc) is 3.30. The summed E-state index contributed by atoms with van der Waals surface area (Å²) in [6.07, 6.45) is 2.91. The fourth-order valence-corrected chi connectivity index (χ4v) is 3.97. The van der Waals surface area contributed by atoms with Crippen molar-refractivity contribution in [3.8, 4) is 5.88 Å². The maximum atomic E-state index is 9.57. The van der Waals surface area contributed by atoms with Gasteiger partial charge in [0.05, 0.1) is 20.3 Å². The highest BCUT2D eigenvalue weighted by atomic mass is 16.8. The van der Waals surface area contributed by atoms with Crippen LogP contribution in [0.25, 0.3) is 11.0 Å². The quantitative estimate of drug-likeness (QED) is 0.493. The first-order valence-electron chi connectivity index (χ1n) is 10.7. The van der Waals surface area contributed by atoms with Crippen molar-refractivity contribution in [2.24, 2.45) is 0 Å². The molecular weight excluding hydrogens is 412 g/mol. The summed E-state index contributed by atoms with van der Waals surface area (Å²) in [4.78, 5) is 8.73. The normalized spacial score (nSPS) is 20.1. The molecule has 1 saturated heterocycles. The zero-order chi connectivity index (χ0) is 22.6. The molecule has 2 N–H and O–H groups in total. The third-order valence-electron chi connectivity index (χ3n) is 5.35. The molecule has 0 radical (unpaired) electrons. The highest BCUT2D eigenvalue weighted by Gasteiger charge is 2.40. The van der Waals surface area contributed by atoms with Gasteiger partial charge < -0.3 is 33.9 Å². The summed E-state index contributed by atoms with van der Waals surface area (Å²) in [5.74, 6) is -0.203. The van der Waals surface area contributed by atoms with Crippen molar-refractivity contribution in [1.82, 2.24) is 19.9 Å². The Morgan fingerprint density at radius 3 is 2.69 bits per heavy atom. The van der Waals surface area contributed by atoms with Crippen LogP contribution in [0.5, 0.6) is 5.88 Å². The van der Waals surface area contributed by atoms with Gasteiger partial charge in [-0.15, -0.1) is 0 Å². The fourth-order valence-electron chi connectivity index (χ4n) is 3.97. The van der Waals surface area contributed by atoms with Gasteiger partial charge in [0.15, 0.2) is 5.79 Å². The van der Waals surface area contributed by atoms with E-state index in [1.54, 1.807) is 7.11 Å². The van der Waals surface area contributed by atoms with Crippen LogP contribution in [-0.2, 0) is 34.1 Å². The molecule has 4 rings (SSSR count). The number of nitrogens with zero attached hydrogens (tertiary/aromatic N) is 3. The van der Waals surface area contributed by atoms with E-state index in [4.69, 9.17) is 18.9 Å². The molecule has 0 bridgehead atoms. The SMILES string of the molecule is COc1ncnc2c(CNCC3OC(C)(C)OC3CO)cn(COCc3ccccc3)c12. The first kappa shape index (κ1) is 22.6. The Morgan fingerprint density at radius 1 is 1.16 bits per heavy atom. The number of benzene rings is 1. The van der Waals surface area contributed by atoms with Crippen LogP contribution in [-0.4, -0.2) is 57.9 Å². The molecule has 2 unspecified atom stereocenters. The number of aliphatic hydroxyl groups is 1. The Labute approximate surface area is 187 Å². The van der Waals surface area contributed by atoms with Crippen LogP contribution in [0.3, 0.4) is 0 Å². The lowest BCUT2D eigenvalue weighted by molar-refractivity contribution is -0.148. The van der Waals surface area contributed by atoms with E-state index in [0.29, 0.717) is 32.3 Å². The van der Waals surface area contributed by atoms with E-state index >= 15 is 0 Å². The number of rotatable bonds is 10. The van der Waals surface area contributed by atoms with Gasteiger partial charge in [-0.2, -0.15) is 4.98 Å². The maximum Gasteiger partial charge on any atom is 0.241 e. The number of hydrogen-bond donors (Lipinski definition) is 2. The number of hydrogen-bond acceptors (Lipinski definition) is 8. The van der Waals surface area contributed by atoms with Gasteiger partial charge in [0.25, 0.3) is 0 Å². The number of fused-ring (bicyclic) bond motifs is 1. The van der Waals surface area contributed by atoms with Crippen molar-refractivity contribution in [3.63, 3.8) is 0 Å². The fraction of sp³-hybridized carbons (Fsp3) is 0.478. The van der Waals surface area contributed by atoms with Gasteiger partial charge >= 0.3 is 0 Å². The van der Waals surface area contributed by atoms with Gasteiger partial charge in [-0.3, -0.25) is 0 Å². The van der Waals surface area contributed by atoms with Gasteiger partial charge in [0, 0.05) is 24.8 Å². The van der Waals surface area contributed by atoms with Crippen LogP contribution in [0.1, 0.15) is 25.0 Å². The van der Waals surface area contributed by atoms with Crippen LogP contribution in [0.4, 0.5) is 0 Å². The van der Waals surface area contributed by atoms with E-state index in [0.717, 1.165) is 22.2 Å². The van der Waals surface area contributed by atoms with E-state index in [9.17, 15) is 5.11 Å². The molecule has 9 nitrogen and oxygen atoms in total. The van der Waals surface area contributed by atoms with Gasteiger partial charge in [-0.25, -0.2) is 4.98 Å². The van der Waals surface area contributed by atoms with Crippen molar-refractivity contribution >= 4 is 11.0 Å². The summed E-state index contributed by atoms with van der Waals surface area (Å²) in [6.45, 7) is 5.55. The predicted molar refractivity (Wildman–Crippen MR) is 118 cm³/mol. The molecule has 1 aliphatic rings. The van der Waals surface area contributed by atoms with Crippen LogP contribution in [0.2, 0.25) is 0 Å². The van der Waals surface area contributed by atoms with Crippen molar-refractivity contribution < 1.29 is 24.1 Å². The molecule has 172 valence electrons. The van der Waals surface area contributed by atoms with Gasteiger partial charge in [-0.1, -0.05) is 30.3 Å². The van der Waals surface area contributed by atoms with Gasteiger partial charge in [0.2, 0.25) is 5.88 Å². The Hall–Kier alpha value is -2.56. The molecule has 9 heteroatoms. The third kappa shape index (κ3) is 5.08. The minimum Gasteiger partial charge on any atom is -0.479 e. The summed E-state index contributed by atoms with van der Waals surface area (Å²) >= 11 is 0. The van der Waals surface area contributed by atoms with Crippen molar-refractivity contribution in [2.75, 3.05) is 20.3 Å². The molecule has 0 saturated carbocycles. The molecule has 32 heavy (non-hydrogen) atoms. The number of nitrogens with one attached hydrogen (secondary N) is 1. The van der Waals surface area contributed by atoms with E-state index < -0.39 is 5.79 Å². The Bertz CT molecular complexity index is 1020. The second-order valence-electron chi connectivity index (χ2n) is 8.19. The molecule has 1 aromatic carbocycles. The zero-order valence-electron chi connectivity index (χ0n) is 18.7. The highest BCUT2D eigenvalue weighted by molar-refractivity contribution is 5.83. The van der Waals surface area contributed by atoms with Gasteiger partial charge in [-0.05, 0) is 19.4 Å². The van der Waals surface area contributed by atoms with Crippen molar-refractivity contribution in [3.05, 3.63) is 54.0 Å². The molecule has 0 spiro atoms. The smallest absolute Gasteiger partial charge is 0.241 e. The molecule has 2 aromatic heterocycles. The number of ether oxygens (including phenoxy) is 4. The van der Waals surface area contributed by atoms with E-state index in [1.165, 1.54) is 6.33 Å². The van der Waals surface area contributed by atoms with Crippen molar-refractivity contribution in [2.45, 2.75) is 51.7 Å². The Balaban J connectivity index is 1.45. The predicted octanol–water partition coefficient (Wildman–Crippen LogP) is 2.22. The second kappa shape index (κ2) is 9.93. The number of aromatic nitrogens is 3. The van der Waals surface area contributed by atoms with Crippen LogP contribution >= 0.6 is 0 Å². The summed E-state index contributed by atoms with van der Waals surface area (Å²) < 4.78 is 25.0. The average molecular weight is 443 g/mol. The molecule has 3 aromatic rings. The first-order valence-corrected chi connectivity index (χ1v) is 10.7. The monoisotopic (exact) mass is 442 g/mol. The maximum absolute atomic E-state index is 9.57. The minimum atomic E-state index is -0.702. The van der Waals surface area contributed by atoms with Crippen LogP contribution in [0, 0.1) is 0 Å². The summed E-state index contributed by atoms with van der Waals surface area (Å²) in [7, 11) is 1.59. The molecule has 0 aliphatic carbocycles. The molecular formula is C23H30N4O5. The first-order chi connectivity index (χ1) is 15.5. The largest absolute Gasteiger partial charge is 0.479 e. The minimum absolute atomic E-state index is 0.0851. The highest BCUT2D eigenvalue weighted by Crippen LogP contribution is 2.29. The Kier molecular flexibility index (Phi) is 7.02. The standard InChI is InChI=1S/C23H30N4O5/c1-23(2)31-18(19(12-28)32-23)10-24-9-17-11-27(15-30-13-16-7-5-4-6-8-16)21-20(17)25-14-26-22(21)29-3/h4-8,11,14,18-19,24,28H,9-10,12-13,15H2,1-3H3. The molecule has 1 fully saturated rings. The summed E-state index contributed by atoms with van der Waals surface area (Å²) in [5.41, 5.74) is 3.68. The van der Waals surface area contributed by atoms with Crippen LogP contribution < -0.4 is 10.1 Å². The van der Waals surface area contributed by atoms with Crippen molar-refractivity contribution in [1.29, 1.82) is 0 Å². The molecule has 2 atom stereocenters. The topological polar surface area (TPSA) is 99.9 Å². The van der Waals surface area contributed by atoms with E-state index in [1.807, 2.05) is 54.9 Å². The number of aliphatic hydroxyl groups excluding tert-OH is 1. The molecule has 0 amide bonds. The van der Waals surface area contributed by atoms with E-state index in [2.05, 4.69) is 15.3 Å². The second-order valence-corrected chi connectivity index (χ2v) is 8.19. The lowest BCUT2D eigenvalue weighted by Crippen LogP contribution is -2.36. The van der Waals surface area contributed by atoms with Gasteiger partial charge in [0.1, 0.15) is 36.3 Å². The third-order valence-corrected chi connectivity index (χ3v) is 5.35. The number of methoxy groups -OCH3 is 1. The van der Waals surface area contributed by atoms with Crippen LogP contribution in [0.15, 0.2) is 42.9 Å². The summed E-state index contributed by atoms with van der Waals surface area (Å²) in [6, 6.07) is 10.0. The lowest BCUT2D eigenvalue weighted by Gasteiger charge is -2.17. The van der Waals surface area contributed by atoms with E-state index in [-0.39, 0.29) is 18.8 Å². The lowest BCUT2D eigenvalue weighted by atomic mass is 10.2. The zero-order valence-corrected chi connectivity index (χ0v) is 18.7.